The van der Waals surface area contributed by atoms with Gasteiger partial charge in [-0.1, -0.05) is 18.6 Å². The van der Waals surface area contributed by atoms with E-state index in [1.54, 1.807) is 19.2 Å². The molecule has 100 valence electrons. The molecule has 1 aromatic carbocycles. The van der Waals surface area contributed by atoms with E-state index in [4.69, 9.17) is 16.3 Å². The van der Waals surface area contributed by atoms with Crippen molar-refractivity contribution >= 4 is 21.4 Å². The van der Waals surface area contributed by atoms with E-state index < -0.39 is 20.5 Å². The Morgan fingerprint density at radius 3 is 2.50 bits per heavy atom. The van der Waals surface area contributed by atoms with Crippen LogP contribution in [0.1, 0.15) is 30.2 Å². The summed E-state index contributed by atoms with van der Waals surface area (Å²) in [7, 11) is -1.45. The summed E-state index contributed by atoms with van der Waals surface area (Å²) in [6, 6.07) is 7.28. The zero-order valence-corrected chi connectivity index (χ0v) is 11.9. The number of benzene rings is 1. The van der Waals surface area contributed by atoms with E-state index in [0.717, 1.165) is 24.2 Å². The first-order valence-corrected chi connectivity index (χ1v) is 8.19. The minimum atomic E-state index is -3.05. The molecule has 2 unspecified atom stereocenters. The van der Waals surface area contributed by atoms with Gasteiger partial charge in [-0.15, -0.1) is 11.6 Å². The van der Waals surface area contributed by atoms with E-state index in [1.807, 2.05) is 12.1 Å². The lowest BCUT2D eigenvalue weighted by atomic mass is 10.0. The van der Waals surface area contributed by atoms with Crippen LogP contribution in [0.4, 0.5) is 0 Å². The van der Waals surface area contributed by atoms with Crippen LogP contribution in [0.25, 0.3) is 0 Å². The van der Waals surface area contributed by atoms with Crippen molar-refractivity contribution in [2.75, 3.05) is 12.9 Å². The minimum Gasteiger partial charge on any atom is -0.497 e. The third kappa shape index (κ3) is 2.81. The van der Waals surface area contributed by atoms with Crippen LogP contribution >= 0.6 is 11.6 Å². The average Bonchev–Trinajstić information content (AvgIpc) is 2.37. The molecule has 1 heterocycles. The normalized spacial score (nSPS) is 24.4. The van der Waals surface area contributed by atoms with Crippen LogP contribution in [-0.4, -0.2) is 26.5 Å². The summed E-state index contributed by atoms with van der Waals surface area (Å²) in [4.78, 5) is 0. The van der Waals surface area contributed by atoms with Gasteiger partial charge in [0.25, 0.3) is 0 Å². The Bertz CT molecular complexity index is 495. The molecule has 3 nitrogen and oxygen atoms in total. The maximum atomic E-state index is 12.0. The Hall–Kier alpha value is -0.740. The summed E-state index contributed by atoms with van der Waals surface area (Å²) in [5, 5.41) is -0.928. The van der Waals surface area contributed by atoms with Gasteiger partial charge in [0.1, 0.15) is 5.75 Å². The number of hydrogen-bond acceptors (Lipinski definition) is 3. The van der Waals surface area contributed by atoms with Crippen LogP contribution in [-0.2, 0) is 9.84 Å². The van der Waals surface area contributed by atoms with E-state index in [1.165, 1.54) is 0 Å². The number of ether oxygens (including phenoxy) is 1. The van der Waals surface area contributed by atoms with E-state index >= 15 is 0 Å². The zero-order valence-electron chi connectivity index (χ0n) is 10.3. The highest BCUT2D eigenvalue weighted by molar-refractivity contribution is 7.92. The Balaban J connectivity index is 2.21. The molecule has 0 saturated carbocycles. The number of methoxy groups -OCH3 is 1. The number of alkyl halides is 1. The largest absolute Gasteiger partial charge is 0.497 e. The average molecular weight is 289 g/mol. The van der Waals surface area contributed by atoms with Crippen LogP contribution in [0.15, 0.2) is 24.3 Å². The van der Waals surface area contributed by atoms with Crippen molar-refractivity contribution in [2.45, 2.75) is 29.9 Å². The lowest BCUT2D eigenvalue weighted by Crippen LogP contribution is -2.31. The quantitative estimate of drug-likeness (QED) is 0.803. The predicted octanol–water partition coefficient (Wildman–Crippen LogP) is 2.94. The molecule has 0 aromatic heterocycles. The molecule has 1 fully saturated rings. The van der Waals surface area contributed by atoms with Crippen LogP contribution in [0.3, 0.4) is 0 Å². The topological polar surface area (TPSA) is 43.4 Å². The molecular weight excluding hydrogens is 272 g/mol. The molecule has 2 atom stereocenters. The van der Waals surface area contributed by atoms with Crippen molar-refractivity contribution in [1.29, 1.82) is 0 Å². The maximum Gasteiger partial charge on any atom is 0.154 e. The summed E-state index contributed by atoms with van der Waals surface area (Å²) in [6.07, 6.45) is 2.34. The molecule has 0 aliphatic carbocycles. The van der Waals surface area contributed by atoms with Crippen LogP contribution < -0.4 is 4.74 Å². The van der Waals surface area contributed by atoms with Crippen molar-refractivity contribution in [3.05, 3.63) is 29.8 Å². The second-order valence-corrected chi connectivity index (χ2v) is 7.39. The molecule has 18 heavy (non-hydrogen) atoms. The van der Waals surface area contributed by atoms with Gasteiger partial charge in [0, 0.05) is 0 Å². The van der Waals surface area contributed by atoms with Crippen molar-refractivity contribution in [1.82, 2.24) is 0 Å². The van der Waals surface area contributed by atoms with E-state index in [0.29, 0.717) is 6.42 Å². The van der Waals surface area contributed by atoms with Gasteiger partial charge in [-0.3, -0.25) is 0 Å². The minimum absolute atomic E-state index is 0.261. The van der Waals surface area contributed by atoms with E-state index in [-0.39, 0.29) is 5.75 Å². The van der Waals surface area contributed by atoms with Gasteiger partial charge in [0.15, 0.2) is 9.84 Å². The lowest BCUT2D eigenvalue weighted by Gasteiger charge is -2.26. The molecule has 0 amide bonds. The van der Waals surface area contributed by atoms with Gasteiger partial charge in [0.05, 0.1) is 23.5 Å². The van der Waals surface area contributed by atoms with Gasteiger partial charge in [-0.25, -0.2) is 8.42 Å². The lowest BCUT2D eigenvalue weighted by molar-refractivity contribution is 0.414. The third-order valence-corrected chi connectivity index (χ3v) is 6.38. The van der Waals surface area contributed by atoms with Crippen molar-refractivity contribution < 1.29 is 13.2 Å². The highest BCUT2D eigenvalue weighted by atomic mass is 35.5. The number of sulfone groups is 1. The molecule has 0 spiro atoms. The molecule has 0 radical (unpaired) electrons. The SMILES string of the molecule is COc1ccc(C(Cl)C2CCCCS2(=O)=O)cc1. The smallest absolute Gasteiger partial charge is 0.154 e. The van der Waals surface area contributed by atoms with Crippen LogP contribution in [0, 0.1) is 0 Å². The summed E-state index contributed by atoms with van der Waals surface area (Å²) in [5.74, 6) is 1.01. The van der Waals surface area contributed by atoms with Crippen LogP contribution in [0.5, 0.6) is 5.75 Å². The Morgan fingerprint density at radius 1 is 1.28 bits per heavy atom. The van der Waals surface area contributed by atoms with Crippen molar-refractivity contribution in [3.63, 3.8) is 0 Å². The van der Waals surface area contributed by atoms with Crippen molar-refractivity contribution in [3.8, 4) is 5.75 Å². The van der Waals surface area contributed by atoms with Gasteiger partial charge in [0.2, 0.25) is 0 Å². The summed E-state index contributed by atoms with van der Waals surface area (Å²) < 4.78 is 29.1. The number of hydrogen-bond donors (Lipinski definition) is 0. The molecule has 1 saturated heterocycles. The Morgan fingerprint density at radius 2 is 1.94 bits per heavy atom. The first kappa shape index (κ1) is 13.7. The molecule has 5 heteroatoms. The fourth-order valence-electron chi connectivity index (χ4n) is 2.31. The first-order valence-electron chi connectivity index (χ1n) is 6.04. The maximum absolute atomic E-state index is 12.0. The Labute approximate surface area is 113 Å². The summed E-state index contributed by atoms with van der Waals surface area (Å²) in [5.41, 5.74) is 0.841. The molecular formula is C13H17ClO3S. The summed E-state index contributed by atoms with van der Waals surface area (Å²) in [6.45, 7) is 0. The highest BCUT2D eigenvalue weighted by Gasteiger charge is 2.35. The highest BCUT2D eigenvalue weighted by Crippen LogP contribution is 2.35. The monoisotopic (exact) mass is 288 g/mol. The van der Waals surface area contributed by atoms with Crippen LogP contribution in [0.2, 0.25) is 0 Å². The second-order valence-electron chi connectivity index (χ2n) is 4.58. The predicted molar refractivity (Wildman–Crippen MR) is 73.0 cm³/mol. The molecule has 0 N–H and O–H groups in total. The third-order valence-electron chi connectivity index (χ3n) is 3.39. The zero-order chi connectivity index (χ0) is 13.2. The number of rotatable bonds is 3. The van der Waals surface area contributed by atoms with Gasteiger partial charge in [-0.2, -0.15) is 0 Å². The Kier molecular flexibility index (Phi) is 4.17. The van der Waals surface area contributed by atoms with Crippen molar-refractivity contribution in [2.24, 2.45) is 0 Å². The molecule has 0 bridgehead atoms. The molecule has 1 aliphatic heterocycles. The standard InChI is InChI=1S/C13H17ClO3S/c1-17-11-7-5-10(6-8-11)13(14)12-4-2-3-9-18(12,15)16/h5-8,12-13H,2-4,9H2,1H3. The molecule has 1 aliphatic rings. The molecule has 1 aromatic rings. The summed E-state index contributed by atoms with van der Waals surface area (Å²) >= 11 is 6.35. The van der Waals surface area contributed by atoms with E-state index in [2.05, 4.69) is 0 Å². The van der Waals surface area contributed by atoms with Gasteiger partial charge in [-0.05, 0) is 30.5 Å². The first-order chi connectivity index (χ1) is 8.54. The molecule has 2 rings (SSSR count). The van der Waals surface area contributed by atoms with Gasteiger partial charge < -0.3 is 4.74 Å². The fourth-order valence-corrected chi connectivity index (χ4v) is 5.01. The van der Waals surface area contributed by atoms with Gasteiger partial charge >= 0.3 is 0 Å². The fraction of sp³-hybridized carbons (Fsp3) is 0.538. The number of halogens is 1. The second kappa shape index (κ2) is 5.49. The van der Waals surface area contributed by atoms with E-state index in [9.17, 15) is 8.42 Å².